The molecular formula is C10H11N3O3S. The maximum absolute atomic E-state index is 10.8. The number of benzene rings is 1. The van der Waals surface area contributed by atoms with Crippen molar-refractivity contribution in [3.63, 3.8) is 0 Å². The van der Waals surface area contributed by atoms with Gasteiger partial charge in [-0.25, -0.2) is 5.01 Å². The molecule has 0 N–H and O–H groups in total. The molecule has 90 valence electrons. The van der Waals surface area contributed by atoms with Gasteiger partial charge >= 0.3 is 0 Å². The van der Waals surface area contributed by atoms with Crippen molar-refractivity contribution >= 4 is 23.1 Å². The van der Waals surface area contributed by atoms with Crippen molar-refractivity contribution in [2.24, 2.45) is 5.29 Å². The Morgan fingerprint density at radius 1 is 1.53 bits per heavy atom. The quantitative estimate of drug-likeness (QED) is 0.460. The van der Waals surface area contributed by atoms with E-state index in [4.69, 9.17) is 0 Å². The third kappa shape index (κ3) is 2.23. The van der Waals surface area contributed by atoms with Gasteiger partial charge in [-0.3, -0.25) is 10.1 Å². The highest BCUT2D eigenvalue weighted by molar-refractivity contribution is 8.00. The van der Waals surface area contributed by atoms with Crippen LogP contribution in [0.25, 0.3) is 0 Å². The van der Waals surface area contributed by atoms with Crippen molar-refractivity contribution in [1.29, 1.82) is 0 Å². The number of anilines is 1. The van der Waals surface area contributed by atoms with Gasteiger partial charge in [0.2, 0.25) is 0 Å². The van der Waals surface area contributed by atoms with E-state index in [0.717, 1.165) is 4.90 Å². The van der Waals surface area contributed by atoms with Gasteiger partial charge in [0.1, 0.15) is 0 Å². The van der Waals surface area contributed by atoms with Gasteiger partial charge in [0, 0.05) is 21.8 Å². The maximum Gasteiger partial charge on any atom is 0.271 e. The fraction of sp³-hybridized carbons (Fsp3) is 0.400. The van der Waals surface area contributed by atoms with Crippen LogP contribution in [0.5, 0.6) is 0 Å². The van der Waals surface area contributed by atoms with E-state index < -0.39 is 4.92 Å². The van der Waals surface area contributed by atoms with Crippen molar-refractivity contribution in [2.45, 2.75) is 23.5 Å². The molecule has 0 spiro atoms. The lowest BCUT2D eigenvalue weighted by Gasteiger charge is -2.34. The first-order valence-electron chi connectivity index (χ1n) is 5.01. The summed E-state index contributed by atoms with van der Waals surface area (Å²) in [6.45, 7) is 4.44. The van der Waals surface area contributed by atoms with Crippen molar-refractivity contribution in [2.75, 3.05) is 11.6 Å². The van der Waals surface area contributed by atoms with Crippen LogP contribution in [0.4, 0.5) is 11.4 Å². The molecule has 1 aromatic rings. The van der Waals surface area contributed by atoms with Crippen LogP contribution in [-0.4, -0.2) is 16.2 Å². The van der Waals surface area contributed by atoms with Crippen LogP contribution >= 0.6 is 11.8 Å². The number of nitroso groups, excluding NO2 is 1. The Balaban J connectivity index is 2.50. The van der Waals surface area contributed by atoms with E-state index in [0.29, 0.717) is 12.2 Å². The molecule has 1 aliphatic rings. The molecule has 0 bridgehead atoms. The zero-order valence-electron chi connectivity index (χ0n) is 9.41. The Kier molecular flexibility index (Phi) is 2.78. The largest absolute Gasteiger partial charge is 0.271 e. The van der Waals surface area contributed by atoms with Crippen LogP contribution < -0.4 is 5.01 Å². The monoisotopic (exact) mass is 253 g/mol. The minimum Gasteiger partial charge on any atom is -0.258 e. The Morgan fingerprint density at radius 2 is 2.24 bits per heavy atom. The standard InChI is InChI=1S/C10H11N3O3S/c1-10(2)6-12(11-14)8-5-7(13(15)16)3-4-9(8)17-10/h3-5H,6H2,1-2H3. The van der Waals surface area contributed by atoms with Gasteiger partial charge in [-0.15, -0.1) is 16.7 Å². The molecule has 0 amide bonds. The lowest BCUT2D eigenvalue weighted by atomic mass is 10.2. The third-order valence-corrected chi connectivity index (χ3v) is 3.69. The number of hydrogen-bond donors (Lipinski definition) is 0. The SMILES string of the molecule is CC1(C)CN(N=O)c2cc([N+](=O)[O-])ccc2S1. The Bertz CT molecular complexity index is 490. The van der Waals surface area contributed by atoms with Crippen LogP contribution in [-0.2, 0) is 0 Å². The van der Waals surface area contributed by atoms with E-state index in [-0.39, 0.29) is 10.4 Å². The average Bonchev–Trinajstić information content (AvgIpc) is 2.26. The second-order valence-corrected chi connectivity index (χ2v) is 6.16. The van der Waals surface area contributed by atoms with Crippen molar-refractivity contribution in [1.82, 2.24) is 0 Å². The first kappa shape index (κ1) is 11.8. The molecule has 0 aliphatic carbocycles. The number of non-ortho nitro benzene ring substituents is 1. The molecule has 1 heterocycles. The number of rotatable bonds is 2. The molecule has 0 radical (unpaired) electrons. The summed E-state index contributed by atoms with van der Waals surface area (Å²) >= 11 is 1.59. The van der Waals surface area contributed by atoms with Gasteiger partial charge in [-0.2, -0.15) is 0 Å². The average molecular weight is 253 g/mol. The smallest absolute Gasteiger partial charge is 0.258 e. The van der Waals surface area contributed by atoms with E-state index in [1.165, 1.54) is 17.1 Å². The number of fused-ring (bicyclic) bond motifs is 1. The van der Waals surface area contributed by atoms with E-state index >= 15 is 0 Å². The molecule has 7 heteroatoms. The third-order valence-electron chi connectivity index (χ3n) is 2.45. The minimum absolute atomic E-state index is 0.0299. The first-order chi connectivity index (χ1) is 7.93. The first-order valence-corrected chi connectivity index (χ1v) is 5.83. The molecule has 6 nitrogen and oxygen atoms in total. The molecule has 1 aromatic carbocycles. The molecule has 0 saturated carbocycles. The van der Waals surface area contributed by atoms with Crippen LogP contribution in [0.3, 0.4) is 0 Å². The van der Waals surface area contributed by atoms with E-state index in [9.17, 15) is 15.0 Å². The summed E-state index contributed by atoms with van der Waals surface area (Å²) in [6, 6.07) is 4.49. The summed E-state index contributed by atoms with van der Waals surface area (Å²) in [5, 5.41) is 14.9. The number of hydrogen-bond acceptors (Lipinski definition) is 5. The summed E-state index contributed by atoms with van der Waals surface area (Å²) in [5.74, 6) is 0. The summed E-state index contributed by atoms with van der Waals surface area (Å²) in [4.78, 5) is 21.8. The number of thioether (sulfide) groups is 1. The van der Waals surface area contributed by atoms with Crippen molar-refractivity contribution in [3.8, 4) is 0 Å². The lowest BCUT2D eigenvalue weighted by molar-refractivity contribution is -0.384. The molecular weight excluding hydrogens is 242 g/mol. The molecule has 0 saturated heterocycles. The van der Waals surface area contributed by atoms with Gasteiger partial charge in [0.25, 0.3) is 5.69 Å². The summed E-state index contributed by atoms with van der Waals surface area (Å²) in [5.41, 5.74) is 0.483. The highest BCUT2D eigenvalue weighted by atomic mass is 32.2. The van der Waals surface area contributed by atoms with Gasteiger partial charge in [-0.05, 0) is 19.9 Å². The number of nitro groups is 1. The van der Waals surface area contributed by atoms with Gasteiger partial charge in [0.15, 0.2) is 0 Å². The Morgan fingerprint density at radius 3 is 2.82 bits per heavy atom. The fourth-order valence-electron chi connectivity index (χ4n) is 1.76. The minimum atomic E-state index is -0.478. The fourth-order valence-corrected chi connectivity index (χ4v) is 2.94. The van der Waals surface area contributed by atoms with Crippen LogP contribution in [0.2, 0.25) is 0 Å². The molecule has 0 fully saturated rings. The molecule has 0 unspecified atom stereocenters. The normalized spacial score (nSPS) is 17.4. The van der Waals surface area contributed by atoms with Gasteiger partial charge in [0.05, 0.1) is 22.4 Å². The Labute approximate surface area is 102 Å². The van der Waals surface area contributed by atoms with Crippen molar-refractivity contribution < 1.29 is 4.92 Å². The molecule has 17 heavy (non-hydrogen) atoms. The highest BCUT2D eigenvalue weighted by Gasteiger charge is 2.32. The zero-order chi connectivity index (χ0) is 12.6. The topological polar surface area (TPSA) is 75.8 Å². The summed E-state index contributed by atoms with van der Waals surface area (Å²) in [6.07, 6.45) is 0. The lowest BCUT2D eigenvalue weighted by Crippen LogP contribution is -2.36. The van der Waals surface area contributed by atoms with Gasteiger partial charge in [-0.1, -0.05) is 0 Å². The van der Waals surface area contributed by atoms with Crippen LogP contribution in [0.15, 0.2) is 28.4 Å². The Hall–Kier alpha value is -1.63. The van der Waals surface area contributed by atoms with Crippen molar-refractivity contribution in [3.05, 3.63) is 33.2 Å². The molecule has 2 rings (SSSR count). The summed E-state index contributed by atoms with van der Waals surface area (Å²) in [7, 11) is 0. The van der Waals surface area contributed by atoms with E-state index in [1.807, 2.05) is 13.8 Å². The predicted molar refractivity (Wildman–Crippen MR) is 66.2 cm³/mol. The van der Waals surface area contributed by atoms with Gasteiger partial charge < -0.3 is 0 Å². The van der Waals surface area contributed by atoms with Crippen LogP contribution in [0, 0.1) is 15.0 Å². The zero-order valence-corrected chi connectivity index (χ0v) is 10.2. The van der Waals surface area contributed by atoms with E-state index in [2.05, 4.69) is 5.29 Å². The second kappa shape index (κ2) is 3.99. The molecule has 0 aromatic heterocycles. The predicted octanol–water partition coefficient (Wildman–Crippen LogP) is 2.97. The number of nitrogens with zero attached hydrogens (tertiary/aromatic N) is 3. The molecule has 0 atom stereocenters. The van der Waals surface area contributed by atoms with E-state index in [1.54, 1.807) is 17.8 Å². The second-order valence-electron chi connectivity index (χ2n) is 4.41. The highest BCUT2D eigenvalue weighted by Crippen LogP contribution is 2.45. The maximum atomic E-state index is 10.8. The van der Waals surface area contributed by atoms with Crippen LogP contribution in [0.1, 0.15) is 13.8 Å². The molecule has 1 aliphatic heterocycles. The number of nitro benzene ring substituents is 1. The summed E-state index contributed by atoms with van der Waals surface area (Å²) < 4.78 is -0.142.